The van der Waals surface area contributed by atoms with Crippen molar-refractivity contribution in [3.63, 3.8) is 0 Å². The van der Waals surface area contributed by atoms with Crippen LogP contribution in [-0.4, -0.2) is 16.9 Å². The summed E-state index contributed by atoms with van der Waals surface area (Å²) in [5.74, 6) is -0.306. The normalized spacial score (nSPS) is 10.7. The van der Waals surface area contributed by atoms with E-state index in [2.05, 4.69) is 5.10 Å². The zero-order valence-electron chi connectivity index (χ0n) is 9.44. The van der Waals surface area contributed by atoms with Crippen LogP contribution < -0.4 is 5.56 Å². The number of aromatic nitrogens is 2. The zero-order chi connectivity index (χ0) is 12.3. The summed E-state index contributed by atoms with van der Waals surface area (Å²) in [4.78, 5) is 11.6. The van der Waals surface area contributed by atoms with Gasteiger partial charge in [-0.05, 0) is 17.7 Å². The van der Waals surface area contributed by atoms with E-state index in [0.717, 1.165) is 5.56 Å². The summed E-state index contributed by atoms with van der Waals surface area (Å²) in [5.41, 5.74) is 1.29. The van der Waals surface area contributed by atoms with Gasteiger partial charge in [0.1, 0.15) is 5.82 Å². The third-order valence-corrected chi connectivity index (χ3v) is 2.37. The fraction of sp³-hybridized carbons (Fsp3) is 0.250. The van der Waals surface area contributed by atoms with E-state index in [1.54, 1.807) is 19.2 Å². The Kier molecular flexibility index (Phi) is 3.39. The molecule has 1 N–H and O–H groups in total. The Hall–Kier alpha value is -1.88. The molecule has 0 atom stereocenters. The van der Waals surface area contributed by atoms with E-state index >= 15 is 0 Å². The van der Waals surface area contributed by atoms with Crippen LogP contribution in [0, 0.1) is 5.82 Å². The lowest BCUT2D eigenvalue weighted by atomic mass is 10.2. The van der Waals surface area contributed by atoms with Gasteiger partial charge in [-0.3, -0.25) is 9.89 Å². The molecule has 0 unspecified atom stereocenters. The Labute approximate surface area is 97.6 Å². The van der Waals surface area contributed by atoms with Gasteiger partial charge >= 0.3 is 0 Å². The topological polar surface area (TPSA) is 47.0 Å². The molecule has 0 bridgehead atoms. The summed E-state index contributed by atoms with van der Waals surface area (Å²) in [6, 6.07) is 7.64. The van der Waals surface area contributed by atoms with E-state index in [1.165, 1.54) is 22.9 Å². The first kappa shape index (κ1) is 11.6. The Morgan fingerprint density at radius 1 is 1.41 bits per heavy atom. The summed E-state index contributed by atoms with van der Waals surface area (Å²) in [5, 5.41) is 2.91. The van der Waals surface area contributed by atoms with E-state index in [9.17, 15) is 9.18 Å². The Morgan fingerprint density at radius 3 is 2.94 bits per heavy atom. The quantitative estimate of drug-likeness (QED) is 0.874. The fourth-order valence-electron chi connectivity index (χ4n) is 1.65. The van der Waals surface area contributed by atoms with Crippen molar-refractivity contribution in [2.24, 2.45) is 0 Å². The minimum absolute atomic E-state index is 0.152. The molecule has 0 radical (unpaired) electrons. The Bertz CT molecular complexity index is 560. The molecule has 0 aliphatic carbocycles. The molecule has 1 heterocycles. The number of hydrogen-bond acceptors (Lipinski definition) is 2. The van der Waals surface area contributed by atoms with Crippen molar-refractivity contribution in [3.8, 4) is 0 Å². The molecule has 1 aromatic carbocycles. The maximum Gasteiger partial charge on any atom is 0.267 e. The first-order valence-corrected chi connectivity index (χ1v) is 5.21. The maximum atomic E-state index is 13.0. The predicted octanol–water partition coefficient (Wildman–Crippen LogP) is 1.51. The average molecular weight is 236 g/mol. The van der Waals surface area contributed by atoms with Crippen molar-refractivity contribution in [1.82, 2.24) is 9.78 Å². The standard InChI is InChI=1S/C12H13FN2O2/c1-17-8-11-6-12(16)15(14-11)7-9-3-2-4-10(13)5-9/h2-6,14H,7-8H2,1H3. The minimum Gasteiger partial charge on any atom is -0.378 e. The van der Waals surface area contributed by atoms with E-state index in [0.29, 0.717) is 18.8 Å². The van der Waals surface area contributed by atoms with Crippen LogP contribution in [-0.2, 0) is 17.9 Å². The van der Waals surface area contributed by atoms with Gasteiger partial charge in [0.25, 0.3) is 5.56 Å². The van der Waals surface area contributed by atoms with Crippen LogP contribution in [0.25, 0.3) is 0 Å². The van der Waals surface area contributed by atoms with Crippen molar-refractivity contribution >= 4 is 0 Å². The van der Waals surface area contributed by atoms with Gasteiger partial charge in [0.05, 0.1) is 18.8 Å². The molecule has 0 fully saturated rings. The molecule has 0 saturated carbocycles. The van der Waals surface area contributed by atoms with Crippen molar-refractivity contribution in [2.45, 2.75) is 13.2 Å². The lowest BCUT2D eigenvalue weighted by Gasteiger charge is -2.02. The lowest BCUT2D eigenvalue weighted by Crippen LogP contribution is -2.16. The number of H-pyrrole nitrogens is 1. The van der Waals surface area contributed by atoms with Crippen LogP contribution >= 0.6 is 0 Å². The third kappa shape index (κ3) is 2.82. The molecule has 17 heavy (non-hydrogen) atoms. The maximum absolute atomic E-state index is 13.0. The molecule has 0 spiro atoms. The summed E-state index contributed by atoms with van der Waals surface area (Å²) in [6.45, 7) is 0.672. The van der Waals surface area contributed by atoms with Gasteiger partial charge in [-0.15, -0.1) is 0 Å². The molecular formula is C12H13FN2O2. The molecule has 4 nitrogen and oxygen atoms in total. The molecule has 2 aromatic rings. The summed E-state index contributed by atoms with van der Waals surface area (Å²) < 4.78 is 19.3. The molecule has 0 aliphatic heterocycles. The van der Waals surface area contributed by atoms with Gasteiger partial charge in [-0.1, -0.05) is 12.1 Å². The number of halogens is 1. The summed E-state index contributed by atoms with van der Waals surface area (Å²) >= 11 is 0. The number of nitrogens with zero attached hydrogens (tertiary/aromatic N) is 1. The molecule has 0 aliphatic rings. The second-order valence-electron chi connectivity index (χ2n) is 3.77. The van der Waals surface area contributed by atoms with Crippen LogP contribution in [0.4, 0.5) is 4.39 Å². The van der Waals surface area contributed by atoms with Crippen molar-refractivity contribution in [2.75, 3.05) is 7.11 Å². The Morgan fingerprint density at radius 2 is 2.24 bits per heavy atom. The number of hydrogen-bond donors (Lipinski definition) is 1. The molecule has 0 saturated heterocycles. The third-order valence-electron chi connectivity index (χ3n) is 2.37. The van der Waals surface area contributed by atoms with Gasteiger partial charge in [0.15, 0.2) is 0 Å². The monoisotopic (exact) mass is 236 g/mol. The van der Waals surface area contributed by atoms with E-state index in [1.807, 2.05) is 0 Å². The SMILES string of the molecule is COCc1cc(=O)n(Cc2cccc(F)c2)[nH]1. The number of ether oxygens (including phenoxy) is 1. The first-order chi connectivity index (χ1) is 8.19. The zero-order valence-corrected chi connectivity index (χ0v) is 9.44. The predicted molar refractivity (Wildman–Crippen MR) is 61.3 cm³/mol. The summed E-state index contributed by atoms with van der Waals surface area (Å²) in [7, 11) is 1.56. The molecule has 0 amide bonds. The molecule has 1 aromatic heterocycles. The number of methoxy groups -OCH3 is 1. The molecule has 5 heteroatoms. The van der Waals surface area contributed by atoms with Crippen molar-refractivity contribution < 1.29 is 9.13 Å². The van der Waals surface area contributed by atoms with Crippen LogP contribution in [0.3, 0.4) is 0 Å². The van der Waals surface area contributed by atoms with Gasteiger partial charge in [-0.2, -0.15) is 0 Å². The number of aromatic amines is 1. The highest BCUT2D eigenvalue weighted by molar-refractivity contribution is 5.16. The highest BCUT2D eigenvalue weighted by Gasteiger charge is 2.04. The highest BCUT2D eigenvalue weighted by atomic mass is 19.1. The minimum atomic E-state index is -0.306. The van der Waals surface area contributed by atoms with E-state index in [-0.39, 0.29) is 11.4 Å². The van der Waals surface area contributed by atoms with Gasteiger partial charge in [0, 0.05) is 13.2 Å². The largest absolute Gasteiger partial charge is 0.378 e. The second-order valence-corrected chi connectivity index (χ2v) is 3.77. The van der Waals surface area contributed by atoms with E-state index < -0.39 is 0 Å². The number of rotatable bonds is 4. The Balaban J connectivity index is 2.21. The van der Waals surface area contributed by atoms with Crippen molar-refractivity contribution in [3.05, 3.63) is 57.8 Å². The molecule has 2 rings (SSSR count). The second kappa shape index (κ2) is 4.97. The van der Waals surface area contributed by atoms with Crippen molar-refractivity contribution in [1.29, 1.82) is 0 Å². The highest BCUT2D eigenvalue weighted by Crippen LogP contribution is 2.04. The van der Waals surface area contributed by atoms with Crippen LogP contribution in [0.5, 0.6) is 0 Å². The first-order valence-electron chi connectivity index (χ1n) is 5.21. The van der Waals surface area contributed by atoms with Crippen LogP contribution in [0.15, 0.2) is 35.1 Å². The fourth-order valence-corrected chi connectivity index (χ4v) is 1.65. The van der Waals surface area contributed by atoms with Gasteiger partial charge in [0.2, 0.25) is 0 Å². The smallest absolute Gasteiger partial charge is 0.267 e. The number of nitrogens with one attached hydrogen (secondary N) is 1. The van der Waals surface area contributed by atoms with Crippen LogP contribution in [0.2, 0.25) is 0 Å². The lowest BCUT2D eigenvalue weighted by molar-refractivity contribution is 0.181. The number of benzene rings is 1. The molecule has 90 valence electrons. The average Bonchev–Trinajstić information content (AvgIpc) is 2.60. The van der Waals surface area contributed by atoms with E-state index in [4.69, 9.17) is 4.74 Å². The molecular weight excluding hydrogens is 223 g/mol. The van der Waals surface area contributed by atoms with Gasteiger partial charge in [-0.25, -0.2) is 9.07 Å². The van der Waals surface area contributed by atoms with Crippen LogP contribution in [0.1, 0.15) is 11.3 Å². The van der Waals surface area contributed by atoms with Gasteiger partial charge < -0.3 is 4.74 Å². The summed E-state index contributed by atoms with van der Waals surface area (Å²) in [6.07, 6.45) is 0.